The molecule has 0 bridgehead atoms. The van der Waals surface area contributed by atoms with E-state index in [2.05, 4.69) is 20.7 Å². The summed E-state index contributed by atoms with van der Waals surface area (Å²) in [7, 11) is 1.83. The van der Waals surface area contributed by atoms with Gasteiger partial charge in [0.15, 0.2) is 0 Å². The number of carbonyl (C=O) groups is 3. The van der Waals surface area contributed by atoms with Crippen molar-refractivity contribution in [2.24, 2.45) is 7.05 Å². The Morgan fingerprint density at radius 3 is 2.70 bits per heavy atom. The van der Waals surface area contributed by atoms with Gasteiger partial charge < -0.3 is 5.32 Å². The Labute approximate surface area is 177 Å². The number of nitrogens with zero attached hydrogens (tertiary/aromatic N) is 3. The molecule has 3 heterocycles. The SMILES string of the molecule is CCC1(c2ccc(NC(=O)c3csc(-c4cnn(C)c4)n3)cc2)CCC(=O)NC1=O. The average Bonchev–Trinajstić information content (AvgIpc) is 3.38. The lowest BCUT2D eigenvalue weighted by atomic mass is 9.72. The molecule has 1 aliphatic rings. The summed E-state index contributed by atoms with van der Waals surface area (Å²) < 4.78 is 1.68. The normalized spacial score (nSPS) is 18.9. The van der Waals surface area contributed by atoms with Gasteiger partial charge in [0, 0.05) is 36.3 Å². The minimum Gasteiger partial charge on any atom is -0.321 e. The van der Waals surface area contributed by atoms with E-state index in [1.54, 1.807) is 28.4 Å². The number of piperidine rings is 1. The van der Waals surface area contributed by atoms with E-state index in [-0.39, 0.29) is 17.7 Å². The number of amides is 3. The first kappa shape index (κ1) is 20.0. The molecule has 0 aliphatic carbocycles. The highest BCUT2D eigenvalue weighted by molar-refractivity contribution is 7.13. The van der Waals surface area contributed by atoms with E-state index in [4.69, 9.17) is 0 Å². The molecule has 30 heavy (non-hydrogen) atoms. The number of aryl methyl sites for hydroxylation is 1. The van der Waals surface area contributed by atoms with Crippen LogP contribution in [0.5, 0.6) is 0 Å². The van der Waals surface area contributed by atoms with E-state index in [1.807, 2.05) is 32.3 Å². The Kier molecular flexibility index (Phi) is 5.21. The van der Waals surface area contributed by atoms with E-state index in [0.29, 0.717) is 30.6 Å². The van der Waals surface area contributed by atoms with Crippen molar-refractivity contribution in [3.8, 4) is 10.6 Å². The van der Waals surface area contributed by atoms with Gasteiger partial charge in [-0.25, -0.2) is 4.98 Å². The van der Waals surface area contributed by atoms with Gasteiger partial charge in [-0.15, -0.1) is 11.3 Å². The lowest BCUT2D eigenvalue weighted by molar-refractivity contribution is -0.138. The van der Waals surface area contributed by atoms with Crippen molar-refractivity contribution < 1.29 is 14.4 Å². The summed E-state index contributed by atoms with van der Waals surface area (Å²) in [6, 6.07) is 7.19. The zero-order valence-corrected chi connectivity index (χ0v) is 17.5. The first-order chi connectivity index (χ1) is 14.4. The highest BCUT2D eigenvalue weighted by Crippen LogP contribution is 2.36. The Bertz CT molecular complexity index is 1120. The second-order valence-electron chi connectivity index (χ2n) is 7.29. The van der Waals surface area contributed by atoms with Crippen LogP contribution in [0.4, 0.5) is 5.69 Å². The van der Waals surface area contributed by atoms with Crippen LogP contribution >= 0.6 is 11.3 Å². The highest BCUT2D eigenvalue weighted by atomic mass is 32.1. The Morgan fingerprint density at radius 2 is 2.07 bits per heavy atom. The van der Waals surface area contributed by atoms with Gasteiger partial charge in [-0.05, 0) is 30.5 Å². The lowest BCUT2D eigenvalue weighted by Gasteiger charge is -2.35. The number of anilines is 1. The first-order valence-corrected chi connectivity index (χ1v) is 10.5. The molecule has 3 amide bonds. The van der Waals surface area contributed by atoms with Gasteiger partial charge in [0.25, 0.3) is 5.91 Å². The van der Waals surface area contributed by atoms with Crippen molar-refractivity contribution in [1.82, 2.24) is 20.1 Å². The molecule has 4 rings (SSSR count). The van der Waals surface area contributed by atoms with Crippen molar-refractivity contribution in [2.45, 2.75) is 31.6 Å². The number of thiazole rings is 1. The Hall–Kier alpha value is -3.33. The second-order valence-corrected chi connectivity index (χ2v) is 8.14. The molecule has 2 aromatic heterocycles. The monoisotopic (exact) mass is 423 g/mol. The van der Waals surface area contributed by atoms with Gasteiger partial charge in [-0.3, -0.25) is 24.4 Å². The van der Waals surface area contributed by atoms with Crippen LogP contribution in [0, 0.1) is 0 Å². The third-order valence-corrected chi connectivity index (χ3v) is 6.35. The van der Waals surface area contributed by atoms with Crippen molar-refractivity contribution >= 4 is 34.7 Å². The molecule has 0 spiro atoms. The van der Waals surface area contributed by atoms with Gasteiger partial charge in [0.1, 0.15) is 10.7 Å². The molecule has 3 aromatic rings. The maximum atomic E-state index is 12.6. The van der Waals surface area contributed by atoms with Crippen molar-refractivity contribution in [1.29, 1.82) is 0 Å². The highest BCUT2D eigenvalue weighted by Gasteiger charge is 2.42. The van der Waals surface area contributed by atoms with E-state index in [9.17, 15) is 14.4 Å². The smallest absolute Gasteiger partial charge is 0.275 e. The molecule has 2 N–H and O–H groups in total. The molecule has 1 fully saturated rings. The minimum absolute atomic E-state index is 0.234. The number of hydrogen-bond acceptors (Lipinski definition) is 6. The molecule has 1 atom stereocenters. The minimum atomic E-state index is -0.718. The van der Waals surface area contributed by atoms with Crippen molar-refractivity contribution in [3.05, 3.63) is 53.3 Å². The predicted molar refractivity (Wildman–Crippen MR) is 113 cm³/mol. The molecule has 9 heteroatoms. The number of rotatable bonds is 5. The number of benzene rings is 1. The van der Waals surface area contributed by atoms with Crippen LogP contribution < -0.4 is 10.6 Å². The number of carbonyl (C=O) groups excluding carboxylic acids is 3. The van der Waals surface area contributed by atoms with Gasteiger partial charge in [-0.2, -0.15) is 5.10 Å². The average molecular weight is 423 g/mol. The summed E-state index contributed by atoms with van der Waals surface area (Å²) in [5, 5.41) is 11.8. The predicted octanol–water partition coefficient (Wildman–Crippen LogP) is 2.88. The molecule has 1 aromatic carbocycles. The maximum absolute atomic E-state index is 12.6. The number of nitrogens with one attached hydrogen (secondary N) is 2. The van der Waals surface area contributed by atoms with Gasteiger partial charge >= 0.3 is 0 Å². The van der Waals surface area contributed by atoms with Gasteiger partial charge in [-0.1, -0.05) is 19.1 Å². The summed E-state index contributed by atoms with van der Waals surface area (Å²) in [5.41, 5.74) is 1.92. The fraction of sp³-hybridized carbons (Fsp3) is 0.286. The summed E-state index contributed by atoms with van der Waals surface area (Å²) in [6.45, 7) is 1.94. The fourth-order valence-corrected chi connectivity index (χ4v) is 4.45. The molecule has 0 radical (unpaired) electrons. The van der Waals surface area contributed by atoms with Crippen LogP contribution in [-0.2, 0) is 22.1 Å². The topological polar surface area (TPSA) is 106 Å². The van der Waals surface area contributed by atoms with Crippen LogP contribution in [0.15, 0.2) is 42.0 Å². The van der Waals surface area contributed by atoms with Crippen LogP contribution in [0.1, 0.15) is 42.2 Å². The zero-order valence-electron chi connectivity index (χ0n) is 16.6. The largest absolute Gasteiger partial charge is 0.321 e. The standard InChI is InChI=1S/C21H21N5O3S/c1-3-21(9-8-17(27)25-20(21)29)14-4-6-15(7-5-14)23-18(28)16-12-30-19(24-16)13-10-22-26(2)11-13/h4-7,10-12H,3,8-9H2,1-2H3,(H,23,28)(H,25,27,29). The van der Waals surface area contributed by atoms with E-state index >= 15 is 0 Å². The summed E-state index contributed by atoms with van der Waals surface area (Å²) in [4.78, 5) is 41.0. The van der Waals surface area contributed by atoms with Gasteiger partial charge in [0.2, 0.25) is 11.8 Å². The molecule has 0 saturated carbocycles. The van der Waals surface area contributed by atoms with Crippen molar-refractivity contribution in [3.63, 3.8) is 0 Å². The summed E-state index contributed by atoms with van der Waals surface area (Å²) >= 11 is 1.38. The van der Waals surface area contributed by atoms with E-state index in [0.717, 1.165) is 16.1 Å². The number of hydrogen-bond donors (Lipinski definition) is 2. The Morgan fingerprint density at radius 1 is 1.30 bits per heavy atom. The van der Waals surface area contributed by atoms with Crippen LogP contribution in [0.25, 0.3) is 10.6 Å². The molecule has 8 nitrogen and oxygen atoms in total. The Balaban J connectivity index is 1.48. The third kappa shape index (κ3) is 3.63. The molecular formula is C21H21N5O3S. The lowest BCUT2D eigenvalue weighted by Crippen LogP contribution is -2.51. The molecule has 1 saturated heterocycles. The maximum Gasteiger partial charge on any atom is 0.275 e. The second kappa shape index (κ2) is 7.83. The molecule has 154 valence electrons. The third-order valence-electron chi connectivity index (χ3n) is 5.45. The number of aromatic nitrogens is 3. The molecule has 1 aliphatic heterocycles. The zero-order chi connectivity index (χ0) is 21.3. The van der Waals surface area contributed by atoms with E-state index < -0.39 is 5.41 Å². The van der Waals surface area contributed by atoms with Crippen LogP contribution in [-0.4, -0.2) is 32.5 Å². The van der Waals surface area contributed by atoms with Crippen molar-refractivity contribution in [2.75, 3.05) is 5.32 Å². The molecular weight excluding hydrogens is 402 g/mol. The fourth-order valence-electron chi connectivity index (χ4n) is 3.68. The van der Waals surface area contributed by atoms with E-state index in [1.165, 1.54) is 11.3 Å². The first-order valence-electron chi connectivity index (χ1n) is 9.62. The molecule has 1 unspecified atom stereocenters. The summed E-state index contributed by atoms with van der Waals surface area (Å²) in [6.07, 6.45) is 4.94. The van der Waals surface area contributed by atoms with Crippen LogP contribution in [0.2, 0.25) is 0 Å². The summed E-state index contributed by atoms with van der Waals surface area (Å²) in [5.74, 6) is -0.800. The quantitative estimate of drug-likeness (QED) is 0.614. The van der Waals surface area contributed by atoms with Gasteiger partial charge in [0.05, 0.1) is 11.6 Å². The van der Waals surface area contributed by atoms with Crippen LogP contribution in [0.3, 0.4) is 0 Å². The number of imide groups is 1.